The lowest BCUT2D eigenvalue weighted by molar-refractivity contribution is -0.126. The predicted octanol–water partition coefficient (Wildman–Crippen LogP) is 4.51. The van der Waals surface area contributed by atoms with E-state index in [4.69, 9.17) is 9.94 Å². The molecule has 5 rings (SSSR count). The van der Waals surface area contributed by atoms with Gasteiger partial charge in [0.25, 0.3) is 5.91 Å². The molecule has 2 aliphatic rings. The fourth-order valence-electron chi connectivity index (χ4n) is 4.85. The number of nitrogens with one attached hydrogen (secondary N) is 1. The van der Waals surface area contributed by atoms with Crippen LogP contribution < -0.4 is 15.1 Å². The highest BCUT2D eigenvalue weighted by Crippen LogP contribution is 2.45. The third kappa shape index (κ3) is 3.63. The number of ether oxygens (including phenoxy) is 1. The molecule has 1 aliphatic heterocycles. The summed E-state index contributed by atoms with van der Waals surface area (Å²) in [6.07, 6.45) is 3.00. The molecule has 1 heterocycles. The van der Waals surface area contributed by atoms with Crippen LogP contribution in [-0.2, 0) is 17.6 Å². The number of fused-ring (bicyclic) bond motifs is 1. The van der Waals surface area contributed by atoms with Crippen LogP contribution in [0.2, 0.25) is 0 Å². The van der Waals surface area contributed by atoms with Crippen molar-refractivity contribution in [1.29, 1.82) is 0 Å². The lowest BCUT2D eigenvalue weighted by Gasteiger charge is -2.33. The Bertz CT molecular complexity index is 1160. The van der Waals surface area contributed by atoms with Crippen molar-refractivity contribution in [1.82, 2.24) is 5.48 Å². The van der Waals surface area contributed by atoms with E-state index >= 15 is 0 Å². The zero-order chi connectivity index (χ0) is 22.1. The molecule has 0 radical (unpaired) electrons. The summed E-state index contributed by atoms with van der Waals surface area (Å²) in [5, 5.41) is 8.93. The Balaban J connectivity index is 1.33. The number of nitrogens with zero attached hydrogens (tertiary/aromatic N) is 1. The van der Waals surface area contributed by atoms with E-state index in [1.54, 1.807) is 17.6 Å². The Morgan fingerprint density at radius 2 is 1.69 bits per heavy atom. The van der Waals surface area contributed by atoms with Crippen molar-refractivity contribution in [2.45, 2.75) is 25.7 Å². The third-order valence-electron chi connectivity index (χ3n) is 6.61. The molecule has 0 bridgehead atoms. The molecule has 2 amide bonds. The molecule has 3 aromatic rings. The van der Waals surface area contributed by atoms with Gasteiger partial charge in [-0.2, -0.15) is 0 Å². The van der Waals surface area contributed by atoms with E-state index in [0.717, 1.165) is 42.0 Å². The number of carbonyl (C=O) groups excluding carboxylic acids is 2. The van der Waals surface area contributed by atoms with Gasteiger partial charge in [-0.05, 0) is 85.3 Å². The molecular formula is C26H24N2O4. The number of carbonyl (C=O) groups is 2. The smallest absolute Gasteiger partial charge is 0.274 e. The Morgan fingerprint density at radius 1 is 0.938 bits per heavy atom. The van der Waals surface area contributed by atoms with E-state index in [1.165, 1.54) is 5.56 Å². The van der Waals surface area contributed by atoms with Gasteiger partial charge in [0.15, 0.2) is 0 Å². The van der Waals surface area contributed by atoms with Crippen LogP contribution in [0.1, 0.15) is 34.3 Å². The highest BCUT2D eigenvalue weighted by Gasteiger charge is 2.48. The van der Waals surface area contributed by atoms with Crippen molar-refractivity contribution in [3.05, 3.63) is 89.5 Å². The summed E-state index contributed by atoms with van der Waals surface area (Å²) in [5.74, 6) is 1.09. The zero-order valence-electron chi connectivity index (χ0n) is 17.6. The number of anilines is 1. The number of amides is 2. The van der Waals surface area contributed by atoms with Gasteiger partial charge in [0.05, 0.1) is 5.41 Å². The predicted molar refractivity (Wildman–Crippen MR) is 120 cm³/mol. The summed E-state index contributed by atoms with van der Waals surface area (Å²) >= 11 is 0. The molecule has 0 saturated carbocycles. The fourth-order valence-corrected chi connectivity index (χ4v) is 4.85. The molecule has 3 aromatic carbocycles. The van der Waals surface area contributed by atoms with Crippen molar-refractivity contribution in [2.24, 2.45) is 5.41 Å². The number of benzene rings is 3. The Morgan fingerprint density at radius 3 is 2.44 bits per heavy atom. The number of hydrogen-bond donors (Lipinski definition) is 2. The van der Waals surface area contributed by atoms with E-state index in [-0.39, 0.29) is 5.91 Å². The van der Waals surface area contributed by atoms with Gasteiger partial charge in [-0.25, -0.2) is 5.48 Å². The van der Waals surface area contributed by atoms with Gasteiger partial charge in [0.1, 0.15) is 11.5 Å². The normalized spacial score (nSPS) is 19.7. The van der Waals surface area contributed by atoms with E-state index in [1.807, 2.05) is 65.6 Å². The minimum Gasteiger partial charge on any atom is -0.457 e. The second-order valence-electron chi connectivity index (χ2n) is 8.50. The maximum Gasteiger partial charge on any atom is 0.274 e. The van der Waals surface area contributed by atoms with Gasteiger partial charge in [0, 0.05) is 17.8 Å². The van der Waals surface area contributed by atoms with Gasteiger partial charge in [0.2, 0.25) is 5.91 Å². The molecule has 1 fully saturated rings. The number of rotatable bonds is 4. The second-order valence-corrected chi connectivity index (χ2v) is 8.50. The molecule has 1 aliphatic carbocycles. The van der Waals surface area contributed by atoms with Crippen LogP contribution in [-0.4, -0.2) is 23.6 Å². The lowest BCUT2D eigenvalue weighted by Crippen LogP contribution is -2.38. The van der Waals surface area contributed by atoms with Crippen molar-refractivity contribution in [2.75, 3.05) is 11.4 Å². The molecule has 6 heteroatoms. The maximum absolute atomic E-state index is 13.5. The first-order valence-corrected chi connectivity index (χ1v) is 10.8. The van der Waals surface area contributed by atoms with Crippen molar-refractivity contribution in [3.8, 4) is 11.5 Å². The average molecular weight is 428 g/mol. The van der Waals surface area contributed by atoms with Crippen molar-refractivity contribution >= 4 is 17.5 Å². The molecule has 6 nitrogen and oxygen atoms in total. The van der Waals surface area contributed by atoms with E-state index in [9.17, 15) is 9.59 Å². The third-order valence-corrected chi connectivity index (χ3v) is 6.61. The molecule has 1 spiro atoms. The summed E-state index contributed by atoms with van der Waals surface area (Å²) in [5.41, 5.74) is 4.69. The van der Waals surface area contributed by atoms with Crippen LogP contribution >= 0.6 is 0 Å². The first-order chi connectivity index (χ1) is 15.6. The van der Waals surface area contributed by atoms with Crippen molar-refractivity contribution < 1.29 is 19.5 Å². The fraction of sp³-hybridized carbons (Fsp3) is 0.231. The largest absolute Gasteiger partial charge is 0.457 e. The second kappa shape index (κ2) is 8.13. The van der Waals surface area contributed by atoms with Crippen molar-refractivity contribution in [3.63, 3.8) is 0 Å². The lowest BCUT2D eigenvalue weighted by atomic mass is 9.70. The SMILES string of the molecule is O=C(NO)c1ccc2c(c1)C[C@@]1(CC2)CCN(c2ccc(Oc3ccccc3)cc2)C1=O. The first kappa shape index (κ1) is 20.3. The molecule has 2 N–H and O–H groups in total. The summed E-state index contributed by atoms with van der Waals surface area (Å²) in [7, 11) is 0. The molecular weight excluding hydrogens is 404 g/mol. The summed E-state index contributed by atoms with van der Waals surface area (Å²) in [4.78, 5) is 27.2. The van der Waals surface area contributed by atoms with E-state index < -0.39 is 11.3 Å². The molecule has 1 saturated heterocycles. The van der Waals surface area contributed by atoms with Crippen LogP contribution in [0.5, 0.6) is 11.5 Å². The van der Waals surface area contributed by atoms with Crippen LogP contribution in [0.3, 0.4) is 0 Å². The topological polar surface area (TPSA) is 78.9 Å². The zero-order valence-corrected chi connectivity index (χ0v) is 17.6. The average Bonchev–Trinajstić information content (AvgIpc) is 3.14. The van der Waals surface area contributed by atoms with Crippen LogP contribution in [0.4, 0.5) is 5.69 Å². The van der Waals surface area contributed by atoms with Gasteiger partial charge in [-0.15, -0.1) is 0 Å². The Hall–Kier alpha value is -3.64. The number of aryl methyl sites for hydroxylation is 1. The highest BCUT2D eigenvalue weighted by atomic mass is 16.5. The van der Waals surface area contributed by atoms with E-state index in [2.05, 4.69) is 0 Å². The number of hydrogen-bond acceptors (Lipinski definition) is 4. The van der Waals surface area contributed by atoms with Gasteiger partial charge in [-0.3, -0.25) is 14.8 Å². The maximum atomic E-state index is 13.5. The summed E-state index contributed by atoms with van der Waals surface area (Å²) < 4.78 is 5.86. The highest BCUT2D eigenvalue weighted by molar-refractivity contribution is 6.00. The van der Waals surface area contributed by atoms with Crippen LogP contribution in [0, 0.1) is 5.41 Å². The summed E-state index contributed by atoms with van der Waals surface area (Å²) in [6, 6.07) is 22.7. The molecule has 1 atom stereocenters. The Labute approximate surface area is 186 Å². The molecule has 32 heavy (non-hydrogen) atoms. The molecule has 162 valence electrons. The van der Waals surface area contributed by atoms with E-state index in [0.29, 0.717) is 18.5 Å². The minimum absolute atomic E-state index is 0.136. The van der Waals surface area contributed by atoms with Crippen LogP contribution in [0.15, 0.2) is 72.8 Å². The van der Waals surface area contributed by atoms with Crippen LogP contribution in [0.25, 0.3) is 0 Å². The monoisotopic (exact) mass is 428 g/mol. The molecule has 0 unspecified atom stereocenters. The first-order valence-electron chi connectivity index (χ1n) is 10.8. The van der Waals surface area contributed by atoms with Gasteiger partial charge >= 0.3 is 0 Å². The Kier molecular flexibility index (Phi) is 5.15. The summed E-state index contributed by atoms with van der Waals surface area (Å²) in [6.45, 7) is 0.671. The number of hydroxylamine groups is 1. The van der Waals surface area contributed by atoms with Gasteiger partial charge in [-0.1, -0.05) is 24.3 Å². The molecule has 0 aromatic heterocycles. The standard InChI is InChI=1S/C26H24N2O4/c29-24(27-31)19-7-6-18-12-13-26(17-20(18)16-19)14-15-28(25(26)30)21-8-10-23(11-9-21)32-22-4-2-1-3-5-22/h1-11,16,31H,12-15,17H2,(H,27,29)/t26-/m1/s1. The van der Waals surface area contributed by atoms with Gasteiger partial charge < -0.3 is 9.64 Å². The minimum atomic E-state index is -0.537. The number of para-hydroxylation sites is 1. The quantitative estimate of drug-likeness (QED) is 0.473.